The van der Waals surface area contributed by atoms with E-state index in [2.05, 4.69) is 16.8 Å². The van der Waals surface area contributed by atoms with E-state index in [1.165, 1.54) is 12.8 Å². The van der Waals surface area contributed by atoms with E-state index in [1.54, 1.807) is 24.5 Å². The number of hydrogen-bond acceptors (Lipinski definition) is 4. The molecule has 1 fully saturated rings. The summed E-state index contributed by atoms with van der Waals surface area (Å²) in [6.07, 6.45) is 3.98. The molecule has 2 rings (SSSR count). The maximum atomic E-state index is 9.44. The lowest BCUT2D eigenvalue weighted by atomic mass is 10.0. The number of hydrogen-bond donors (Lipinski definition) is 1. The molecule has 0 bridgehead atoms. The Hall–Kier alpha value is -0.610. The van der Waals surface area contributed by atoms with Crippen LogP contribution in [0.1, 0.15) is 37.7 Å². The Kier molecular flexibility index (Phi) is 3.26. The lowest BCUT2D eigenvalue weighted by Gasteiger charge is -2.30. The van der Waals surface area contributed by atoms with Crippen LogP contribution in [0.5, 0.6) is 0 Å². The molecule has 0 radical (unpaired) electrons. The highest BCUT2D eigenvalue weighted by Crippen LogP contribution is 2.29. The Morgan fingerprint density at radius 1 is 1.67 bits per heavy atom. The molecule has 0 spiro atoms. The summed E-state index contributed by atoms with van der Waals surface area (Å²) >= 11 is 1.61. The molecule has 2 unspecified atom stereocenters. The van der Waals surface area contributed by atoms with Gasteiger partial charge in [0.2, 0.25) is 0 Å². The van der Waals surface area contributed by atoms with E-state index in [4.69, 9.17) is 0 Å². The van der Waals surface area contributed by atoms with Gasteiger partial charge in [0.15, 0.2) is 5.13 Å². The largest absolute Gasteiger partial charge is 0.388 e. The van der Waals surface area contributed by atoms with Crippen LogP contribution < -0.4 is 4.90 Å². The minimum absolute atomic E-state index is 0.390. The number of rotatable bonds is 2. The second-order valence-electron chi connectivity index (χ2n) is 4.41. The first-order valence-corrected chi connectivity index (χ1v) is 6.37. The topological polar surface area (TPSA) is 36.4 Å². The van der Waals surface area contributed by atoms with E-state index < -0.39 is 6.10 Å². The number of anilines is 1. The van der Waals surface area contributed by atoms with Crippen molar-refractivity contribution in [3.63, 3.8) is 0 Å². The lowest BCUT2D eigenvalue weighted by Crippen LogP contribution is -2.34. The molecule has 1 aromatic heterocycles. The fourth-order valence-corrected chi connectivity index (χ4v) is 2.87. The summed E-state index contributed by atoms with van der Waals surface area (Å²) < 4.78 is 0. The molecule has 3 nitrogen and oxygen atoms in total. The zero-order valence-electron chi connectivity index (χ0n) is 9.31. The Balaban J connectivity index is 2.08. The highest BCUT2D eigenvalue weighted by Gasteiger charge is 2.19. The number of piperidine rings is 1. The Labute approximate surface area is 94.8 Å². The van der Waals surface area contributed by atoms with Gasteiger partial charge in [0.25, 0.3) is 0 Å². The molecular weight excluding hydrogens is 208 g/mol. The van der Waals surface area contributed by atoms with Gasteiger partial charge in [-0.3, -0.25) is 0 Å². The number of thiazole rings is 1. The molecule has 4 heteroatoms. The van der Waals surface area contributed by atoms with Gasteiger partial charge in [-0.25, -0.2) is 4.98 Å². The summed E-state index contributed by atoms with van der Waals surface area (Å²) in [6.45, 7) is 6.29. The standard InChI is InChI=1S/C11H18N2OS/c1-8-4-3-5-13(7-8)11-12-6-10(15-11)9(2)14/h6,8-9,14H,3-5,7H2,1-2H3. The van der Waals surface area contributed by atoms with Crippen molar-refractivity contribution in [1.82, 2.24) is 4.98 Å². The van der Waals surface area contributed by atoms with Crippen molar-refractivity contribution < 1.29 is 5.11 Å². The quantitative estimate of drug-likeness (QED) is 0.841. The molecule has 1 aliphatic rings. The minimum Gasteiger partial charge on any atom is -0.388 e. The monoisotopic (exact) mass is 226 g/mol. The summed E-state index contributed by atoms with van der Waals surface area (Å²) in [7, 11) is 0. The zero-order chi connectivity index (χ0) is 10.8. The maximum Gasteiger partial charge on any atom is 0.185 e. The van der Waals surface area contributed by atoms with E-state index in [0.717, 1.165) is 29.0 Å². The summed E-state index contributed by atoms with van der Waals surface area (Å²) in [6, 6.07) is 0. The summed E-state index contributed by atoms with van der Waals surface area (Å²) in [5.74, 6) is 0.762. The predicted octanol–water partition coefficient (Wildman–Crippen LogP) is 2.43. The Bertz CT molecular complexity index is 324. The van der Waals surface area contributed by atoms with Crippen molar-refractivity contribution in [2.45, 2.75) is 32.8 Å². The van der Waals surface area contributed by atoms with E-state index in [0.29, 0.717) is 0 Å². The smallest absolute Gasteiger partial charge is 0.185 e. The molecule has 2 atom stereocenters. The third-order valence-corrected chi connectivity index (χ3v) is 4.08. The van der Waals surface area contributed by atoms with Gasteiger partial charge >= 0.3 is 0 Å². The van der Waals surface area contributed by atoms with Gasteiger partial charge in [-0.05, 0) is 25.7 Å². The van der Waals surface area contributed by atoms with Crippen LogP contribution in [0.4, 0.5) is 5.13 Å². The molecule has 1 N–H and O–H groups in total. The second-order valence-corrected chi connectivity index (χ2v) is 5.46. The van der Waals surface area contributed by atoms with Crippen LogP contribution in [-0.4, -0.2) is 23.2 Å². The molecular formula is C11H18N2OS. The number of nitrogens with zero attached hydrogens (tertiary/aromatic N) is 2. The van der Waals surface area contributed by atoms with E-state index in [1.807, 2.05) is 0 Å². The SMILES string of the molecule is CC1CCCN(c2ncc(C(C)O)s2)C1. The second kappa shape index (κ2) is 4.49. The first-order chi connectivity index (χ1) is 7.16. The first kappa shape index (κ1) is 10.9. The van der Waals surface area contributed by atoms with Crippen LogP contribution in [-0.2, 0) is 0 Å². The molecule has 2 heterocycles. The fraction of sp³-hybridized carbons (Fsp3) is 0.727. The van der Waals surface area contributed by atoms with Gasteiger partial charge in [0, 0.05) is 19.3 Å². The highest BCUT2D eigenvalue weighted by atomic mass is 32.1. The van der Waals surface area contributed by atoms with Gasteiger partial charge in [-0.15, -0.1) is 0 Å². The third-order valence-electron chi connectivity index (χ3n) is 2.85. The van der Waals surface area contributed by atoms with Gasteiger partial charge in [0.1, 0.15) is 0 Å². The minimum atomic E-state index is -0.390. The molecule has 0 amide bonds. The molecule has 0 aromatic carbocycles. The van der Waals surface area contributed by atoms with Gasteiger partial charge in [-0.2, -0.15) is 0 Å². The third kappa shape index (κ3) is 2.49. The molecule has 1 aromatic rings. The van der Waals surface area contributed by atoms with Crippen LogP contribution in [0.25, 0.3) is 0 Å². The highest BCUT2D eigenvalue weighted by molar-refractivity contribution is 7.15. The molecule has 84 valence electrons. The Morgan fingerprint density at radius 2 is 2.47 bits per heavy atom. The van der Waals surface area contributed by atoms with Crippen LogP contribution in [0.2, 0.25) is 0 Å². The number of aromatic nitrogens is 1. The number of aliphatic hydroxyl groups excluding tert-OH is 1. The van der Waals surface area contributed by atoms with Crippen molar-refractivity contribution in [1.29, 1.82) is 0 Å². The average molecular weight is 226 g/mol. The van der Waals surface area contributed by atoms with Crippen molar-refractivity contribution in [3.05, 3.63) is 11.1 Å². The van der Waals surface area contributed by atoms with E-state index >= 15 is 0 Å². The van der Waals surface area contributed by atoms with Crippen LogP contribution in [0.15, 0.2) is 6.20 Å². The maximum absolute atomic E-state index is 9.44. The predicted molar refractivity (Wildman–Crippen MR) is 63.4 cm³/mol. The summed E-state index contributed by atoms with van der Waals surface area (Å²) in [5.41, 5.74) is 0. The zero-order valence-corrected chi connectivity index (χ0v) is 10.1. The van der Waals surface area contributed by atoms with E-state index in [9.17, 15) is 5.11 Å². The van der Waals surface area contributed by atoms with Gasteiger partial charge < -0.3 is 10.0 Å². The normalized spacial score (nSPS) is 24.2. The fourth-order valence-electron chi connectivity index (χ4n) is 1.98. The van der Waals surface area contributed by atoms with Crippen molar-refractivity contribution in [2.24, 2.45) is 5.92 Å². The summed E-state index contributed by atoms with van der Waals surface area (Å²) in [4.78, 5) is 7.68. The van der Waals surface area contributed by atoms with Crippen molar-refractivity contribution in [3.8, 4) is 0 Å². The molecule has 1 saturated heterocycles. The molecule has 0 saturated carbocycles. The lowest BCUT2D eigenvalue weighted by molar-refractivity contribution is 0.203. The molecule has 0 aliphatic carbocycles. The van der Waals surface area contributed by atoms with E-state index in [-0.39, 0.29) is 0 Å². The van der Waals surface area contributed by atoms with Crippen molar-refractivity contribution >= 4 is 16.5 Å². The summed E-state index contributed by atoms with van der Waals surface area (Å²) in [5, 5.41) is 10.5. The van der Waals surface area contributed by atoms with Gasteiger partial charge in [-0.1, -0.05) is 18.3 Å². The van der Waals surface area contributed by atoms with Crippen LogP contribution in [0, 0.1) is 5.92 Å². The van der Waals surface area contributed by atoms with Crippen molar-refractivity contribution in [2.75, 3.05) is 18.0 Å². The van der Waals surface area contributed by atoms with Crippen LogP contribution >= 0.6 is 11.3 Å². The number of aliphatic hydroxyl groups is 1. The molecule has 1 aliphatic heterocycles. The average Bonchev–Trinajstić information content (AvgIpc) is 2.66. The van der Waals surface area contributed by atoms with Gasteiger partial charge in [0.05, 0.1) is 11.0 Å². The van der Waals surface area contributed by atoms with Crippen LogP contribution in [0.3, 0.4) is 0 Å². The Morgan fingerprint density at radius 3 is 3.07 bits per heavy atom. The first-order valence-electron chi connectivity index (χ1n) is 5.55. The molecule has 15 heavy (non-hydrogen) atoms.